The van der Waals surface area contributed by atoms with Crippen molar-refractivity contribution >= 4 is 11.6 Å². The molecule has 0 aliphatic rings. The van der Waals surface area contributed by atoms with Gasteiger partial charge in [-0.1, -0.05) is 64.1 Å². The Morgan fingerprint density at radius 1 is 1.03 bits per heavy atom. The summed E-state index contributed by atoms with van der Waals surface area (Å²) in [5, 5.41) is 3.17. The lowest BCUT2D eigenvalue weighted by Crippen LogP contribution is -2.56. The second-order valence-electron chi connectivity index (χ2n) is 10.5. The van der Waals surface area contributed by atoms with Gasteiger partial charge in [-0.2, -0.15) is 0 Å². The molecule has 0 aromatic heterocycles. The van der Waals surface area contributed by atoms with E-state index < -0.39 is 11.6 Å². The molecular weight excluding hydrogens is 410 g/mol. The van der Waals surface area contributed by atoms with E-state index in [2.05, 4.69) is 76.0 Å². The van der Waals surface area contributed by atoms with Gasteiger partial charge in [0, 0.05) is 24.8 Å². The monoisotopic (exact) mass is 453 g/mol. The zero-order valence-electron chi connectivity index (χ0n) is 21.3. The summed E-state index contributed by atoms with van der Waals surface area (Å²) >= 11 is 0. The van der Waals surface area contributed by atoms with Crippen molar-refractivity contribution < 1.29 is 9.53 Å². The van der Waals surface area contributed by atoms with Gasteiger partial charge in [0.1, 0.15) is 12.4 Å². The third kappa shape index (κ3) is 9.87. The van der Waals surface area contributed by atoms with Crippen molar-refractivity contribution in [3.8, 4) is 5.75 Å². The van der Waals surface area contributed by atoms with E-state index in [1.54, 1.807) is 0 Å². The Hall–Kier alpha value is -2.53. The summed E-state index contributed by atoms with van der Waals surface area (Å²) in [5.41, 5.74) is 7.93. The second-order valence-corrected chi connectivity index (χ2v) is 10.5. The molecule has 0 heterocycles. The van der Waals surface area contributed by atoms with E-state index in [0.29, 0.717) is 31.4 Å². The average Bonchev–Trinajstić information content (AvgIpc) is 2.75. The number of carbonyl (C=O) groups excluding carboxylic acids is 1. The van der Waals surface area contributed by atoms with Crippen LogP contribution in [0.4, 0.5) is 5.69 Å². The van der Waals surface area contributed by atoms with Crippen LogP contribution in [-0.4, -0.2) is 30.6 Å². The fourth-order valence-electron chi connectivity index (χ4n) is 3.78. The zero-order chi connectivity index (χ0) is 24.4. The Bertz CT molecular complexity index is 849. The molecule has 2 aromatic rings. The van der Waals surface area contributed by atoms with Gasteiger partial charge in [-0.05, 0) is 56.2 Å². The Morgan fingerprint density at radius 2 is 1.73 bits per heavy atom. The molecule has 182 valence electrons. The van der Waals surface area contributed by atoms with Crippen LogP contribution in [0.2, 0.25) is 0 Å². The molecule has 2 rings (SSSR count). The molecule has 5 heteroatoms. The first-order chi connectivity index (χ1) is 15.6. The van der Waals surface area contributed by atoms with Crippen molar-refractivity contribution in [2.24, 2.45) is 17.6 Å². The number of hydrogen-bond donors (Lipinski definition) is 2. The first-order valence-corrected chi connectivity index (χ1v) is 12.1. The number of carbonyl (C=O) groups is 1. The lowest BCUT2D eigenvalue weighted by molar-refractivity contribution is -0.124. The fourth-order valence-corrected chi connectivity index (χ4v) is 3.78. The number of rotatable bonds is 13. The normalized spacial score (nSPS) is 12.6. The molecule has 0 aliphatic heterocycles. The van der Waals surface area contributed by atoms with E-state index in [1.807, 2.05) is 30.3 Å². The summed E-state index contributed by atoms with van der Waals surface area (Å²) in [7, 11) is 0. The lowest BCUT2D eigenvalue weighted by atomic mass is 9.99. The van der Waals surface area contributed by atoms with E-state index in [1.165, 1.54) is 0 Å². The molecule has 0 spiro atoms. The number of nitrogens with two attached hydrogens (primary N) is 1. The Labute approximate surface area is 200 Å². The summed E-state index contributed by atoms with van der Waals surface area (Å²) in [6, 6.07) is 17.9. The number of amides is 1. The smallest absolute Gasteiger partial charge is 0.237 e. The SMILES string of the molecule is CC(C)CCN(CC(C)(C)NC(=O)C(N)CC(C)C)c1cccc(OCc2ccccc2)c1. The Balaban J connectivity index is 2.12. The third-order valence-electron chi connectivity index (χ3n) is 5.52. The van der Waals surface area contributed by atoms with Gasteiger partial charge in [-0.3, -0.25) is 4.79 Å². The number of nitrogens with one attached hydrogen (secondary N) is 1. The van der Waals surface area contributed by atoms with Gasteiger partial charge in [-0.25, -0.2) is 0 Å². The van der Waals surface area contributed by atoms with Crippen molar-refractivity contribution in [3.63, 3.8) is 0 Å². The van der Waals surface area contributed by atoms with Crippen LogP contribution in [0.15, 0.2) is 54.6 Å². The van der Waals surface area contributed by atoms with Gasteiger partial charge in [0.25, 0.3) is 0 Å². The summed E-state index contributed by atoms with van der Waals surface area (Å²) < 4.78 is 6.06. The summed E-state index contributed by atoms with van der Waals surface area (Å²) in [4.78, 5) is 15.0. The molecule has 33 heavy (non-hydrogen) atoms. The highest BCUT2D eigenvalue weighted by molar-refractivity contribution is 5.82. The van der Waals surface area contributed by atoms with Crippen molar-refractivity contribution in [2.75, 3.05) is 18.0 Å². The van der Waals surface area contributed by atoms with Crippen LogP contribution >= 0.6 is 0 Å². The molecule has 0 fully saturated rings. The van der Waals surface area contributed by atoms with Gasteiger partial charge in [0.2, 0.25) is 5.91 Å². The molecule has 3 N–H and O–H groups in total. The molecule has 2 aromatic carbocycles. The minimum absolute atomic E-state index is 0.0857. The van der Waals surface area contributed by atoms with Gasteiger partial charge in [0.15, 0.2) is 0 Å². The maximum Gasteiger partial charge on any atom is 0.237 e. The third-order valence-corrected chi connectivity index (χ3v) is 5.52. The van der Waals surface area contributed by atoms with Gasteiger partial charge < -0.3 is 20.7 Å². The van der Waals surface area contributed by atoms with Crippen LogP contribution in [0, 0.1) is 11.8 Å². The van der Waals surface area contributed by atoms with Gasteiger partial charge in [0.05, 0.1) is 11.6 Å². The van der Waals surface area contributed by atoms with Crippen molar-refractivity contribution in [1.82, 2.24) is 5.32 Å². The van der Waals surface area contributed by atoms with E-state index in [0.717, 1.165) is 30.0 Å². The number of ether oxygens (including phenoxy) is 1. The van der Waals surface area contributed by atoms with Crippen molar-refractivity contribution in [2.45, 2.75) is 72.6 Å². The Kier molecular flexibility index (Phi) is 10.2. The highest BCUT2D eigenvalue weighted by Crippen LogP contribution is 2.25. The van der Waals surface area contributed by atoms with Gasteiger partial charge >= 0.3 is 0 Å². The highest BCUT2D eigenvalue weighted by atomic mass is 16.5. The maximum atomic E-state index is 12.7. The molecular formula is C28H43N3O2. The van der Waals surface area contributed by atoms with Crippen LogP contribution < -0.4 is 20.7 Å². The summed E-state index contributed by atoms with van der Waals surface area (Å²) in [5.74, 6) is 1.72. The zero-order valence-corrected chi connectivity index (χ0v) is 21.3. The minimum Gasteiger partial charge on any atom is -0.489 e. The maximum absolute atomic E-state index is 12.7. The molecule has 0 saturated heterocycles. The number of nitrogens with zero attached hydrogens (tertiary/aromatic N) is 1. The van der Waals surface area contributed by atoms with E-state index in [4.69, 9.17) is 10.5 Å². The van der Waals surface area contributed by atoms with E-state index in [9.17, 15) is 4.79 Å². The predicted octanol–water partition coefficient (Wildman–Crippen LogP) is 5.39. The highest BCUT2D eigenvalue weighted by Gasteiger charge is 2.27. The summed E-state index contributed by atoms with van der Waals surface area (Å²) in [6.07, 6.45) is 1.74. The quantitative estimate of drug-likeness (QED) is 0.427. The molecule has 1 amide bonds. The molecule has 0 aliphatic carbocycles. The number of anilines is 1. The topological polar surface area (TPSA) is 67.6 Å². The molecule has 0 bridgehead atoms. The summed E-state index contributed by atoms with van der Waals surface area (Å²) in [6.45, 7) is 14.9. The van der Waals surface area contributed by atoms with Crippen molar-refractivity contribution in [1.29, 1.82) is 0 Å². The van der Waals surface area contributed by atoms with Crippen LogP contribution in [0.5, 0.6) is 5.75 Å². The van der Waals surface area contributed by atoms with Crippen LogP contribution in [-0.2, 0) is 11.4 Å². The first-order valence-electron chi connectivity index (χ1n) is 12.1. The van der Waals surface area contributed by atoms with E-state index in [-0.39, 0.29) is 5.91 Å². The molecule has 0 saturated carbocycles. The van der Waals surface area contributed by atoms with Gasteiger partial charge in [-0.15, -0.1) is 0 Å². The second kappa shape index (κ2) is 12.6. The molecule has 5 nitrogen and oxygen atoms in total. The van der Waals surface area contributed by atoms with Crippen LogP contribution in [0.1, 0.15) is 59.9 Å². The predicted molar refractivity (Wildman–Crippen MR) is 139 cm³/mol. The average molecular weight is 454 g/mol. The fraction of sp³-hybridized carbons (Fsp3) is 0.536. The number of benzene rings is 2. The van der Waals surface area contributed by atoms with Crippen LogP contribution in [0.3, 0.4) is 0 Å². The van der Waals surface area contributed by atoms with Crippen LogP contribution in [0.25, 0.3) is 0 Å². The largest absolute Gasteiger partial charge is 0.489 e. The Morgan fingerprint density at radius 3 is 2.36 bits per heavy atom. The minimum atomic E-state index is -0.483. The van der Waals surface area contributed by atoms with Crippen molar-refractivity contribution in [3.05, 3.63) is 60.2 Å². The standard InChI is InChI=1S/C28H43N3O2/c1-21(2)15-16-31(20-28(5,6)30-27(32)26(29)17-22(3)4)24-13-10-14-25(18-24)33-19-23-11-8-7-9-12-23/h7-14,18,21-22,26H,15-17,19-20,29H2,1-6H3,(H,30,32). The lowest BCUT2D eigenvalue weighted by Gasteiger charge is -2.36. The molecule has 0 radical (unpaired) electrons. The molecule has 1 atom stereocenters. The first kappa shape index (κ1) is 26.7. The number of hydrogen-bond acceptors (Lipinski definition) is 4. The molecule has 1 unspecified atom stereocenters. The van der Waals surface area contributed by atoms with E-state index >= 15 is 0 Å².